The van der Waals surface area contributed by atoms with Crippen molar-refractivity contribution in [1.29, 1.82) is 0 Å². The van der Waals surface area contributed by atoms with Crippen molar-refractivity contribution >= 4 is 11.8 Å². The van der Waals surface area contributed by atoms with Gasteiger partial charge in [-0.25, -0.2) is 13.6 Å². The monoisotopic (exact) mass is 316 g/mol. The summed E-state index contributed by atoms with van der Waals surface area (Å²) in [4.78, 5) is 24.3. The number of rotatable bonds is 2. The average Bonchev–Trinajstić information content (AvgIpc) is 2.49. The Balaban J connectivity index is 1.97. The van der Waals surface area contributed by atoms with Gasteiger partial charge >= 0.3 is 5.97 Å². The molecule has 0 bridgehead atoms. The van der Waals surface area contributed by atoms with Gasteiger partial charge in [0.25, 0.3) is 0 Å². The number of aryl methyl sites for hydroxylation is 1. The molecule has 0 fully saturated rings. The van der Waals surface area contributed by atoms with Crippen molar-refractivity contribution in [3.05, 3.63) is 64.2 Å². The highest BCUT2D eigenvalue weighted by molar-refractivity contribution is 6.02. The van der Waals surface area contributed by atoms with Crippen LogP contribution in [0.5, 0.6) is 5.75 Å². The van der Waals surface area contributed by atoms with Gasteiger partial charge in [0.1, 0.15) is 17.4 Å². The van der Waals surface area contributed by atoms with Crippen LogP contribution in [0.15, 0.2) is 30.3 Å². The number of fused-ring (bicyclic) bond motifs is 1. The van der Waals surface area contributed by atoms with Crippen molar-refractivity contribution in [2.75, 3.05) is 0 Å². The first-order valence-electron chi connectivity index (χ1n) is 7.29. The van der Waals surface area contributed by atoms with Crippen molar-refractivity contribution in [2.24, 2.45) is 0 Å². The Bertz CT molecular complexity index is 792. The number of carbonyl (C=O) groups is 2. The summed E-state index contributed by atoms with van der Waals surface area (Å²) in [5.41, 5.74) is 2.00. The lowest BCUT2D eigenvalue weighted by Crippen LogP contribution is -2.17. The van der Waals surface area contributed by atoms with Gasteiger partial charge in [0.2, 0.25) is 0 Å². The topological polar surface area (TPSA) is 43.4 Å². The molecule has 1 aliphatic rings. The number of carbonyl (C=O) groups excluding carboxylic acids is 2. The summed E-state index contributed by atoms with van der Waals surface area (Å²) in [6.45, 7) is 1.89. The van der Waals surface area contributed by atoms with Gasteiger partial charge in [-0.1, -0.05) is 6.07 Å². The normalized spacial score (nSPS) is 13.6. The Morgan fingerprint density at radius 1 is 1.09 bits per heavy atom. The molecule has 23 heavy (non-hydrogen) atoms. The highest BCUT2D eigenvalue weighted by atomic mass is 19.1. The molecular formula is C18H14F2O3. The zero-order valence-electron chi connectivity index (χ0n) is 12.5. The number of hydrogen-bond acceptors (Lipinski definition) is 3. The third-order valence-electron chi connectivity index (χ3n) is 3.92. The maximum Gasteiger partial charge on any atom is 0.343 e. The molecule has 0 radical (unpaired) electrons. The minimum Gasteiger partial charge on any atom is -0.422 e. The lowest BCUT2D eigenvalue weighted by atomic mass is 9.87. The second kappa shape index (κ2) is 5.91. The van der Waals surface area contributed by atoms with Crippen LogP contribution in [0, 0.1) is 18.6 Å². The first-order valence-corrected chi connectivity index (χ1v) is 7.29. The molecule has 0 heterocycles. The third kappa shape index (κ3) is 2.99. The second-order valence-electron chi connectivity index (χ2n) is 5.56. The minimum absolute atomic E-state index is 0.0804. The molecule has 0 amide bonds. The van der Waals surface area contributed by atoms with Gasteiger partial charge in [-0.05, 0) is 49.1 Å². The summed E-state index contributed by atoms with van der Waals surface area (Å²) in [5, 5.41) is 0. The zero-order chi connectivity index (χ0) is 16.6. The molecule has 0 saturated carbocycles. The number of esters is 1. The first kappa shape index (κ1) is 15.3. The molecule has 2 aromatic rings. The Morgan fingerprint density at radius 3 is 2.48 bits per heavy atom. The fourth-order valence-electron chi connectivity index (χ4n) is 2.82. The highest BCUT2D eigenvalue weighted by Gasteiger charge is 2.25. The van der Waals surface area contributed by atoms with E-state index in [1.807, 2.05) is 6.92 Å². The van der Waals surface area contributed by atoms with Gasteiger partial charge < -0.3 is 4.74 Å². The van der Waals surface area contributed by atoms with E-state index in [9.17, 15) is 18.4 Å². The van der Waals surface area contributed by atoms with Crippen LogP contribution < -0.4 is 4.74 Å². The summed E-state index contributed by atoms with van der Waals surface area (Å²) in [7, 11) is 0. The molecule has 0 saturated heterocycles. The highest BCUT2D eigenvalue weighted by Crippen LogP contribution is 2.32. The third-order valence-corrected chi connectivity index (χ3v) is 3.92. The van der Waals surface area contributed by atoms with Crippen LogP contribution in [-0.4, -0.2) is 11.8 Å². The van der Waals surface area contributed by atoms with Crippen LogP contribution in [-0.2, 0) is 6.42 Å². The molecular weight excluding hydrogens is 302 g/mol. The van der Waals surface area contributed by atoms with Crippen molar-refractivity contribution < 1.29 is 23.1 Å². The van der Waals surface area contributed by atoms with Gasteiger partial charge in [-0.15, -0.1) is 0 Å². The van der Waals surface area contributed by atoms with Crippen LogP contribution in [0.3, 0.4) is 0 Å². The van der Waals surface area contributed by atoms with E-state index in [2.05, 4.69) is 0 Å². The molecule has 0 N–H and O–H groups in total. The van der Waals surface area contributed by atoms with E-state index < -0.39 is 17.6 Å². The molecule has 0 atom stereocenters. The lowest BCUT2D eigenvalue weighted by molar-refractivity contribution is 0.0730. The van der Waals surface area contributed by atoms with Crippen LogP contribution in [0.25, 0.3) is 0 Å². The van der Waals surface area contributed by atoms with Crippen LogP contribution in [0.2, 0.25) is 0 Å². The van der Waals surface area contributed by atoms with E-state index in [-0.39, 0.29) is 17.1 Å². The molecule has 0 aromatic heterocycles. The van der Waals surface area contributed by atoms with Gasteiger partial charge in [-0.2, -0.15) is 0 Å². The molecule has 118 valence electrons. The lowest BCUT2D eigenvalue weighted by Gasteiger charge is -2.20. The summed E-state index contributed by atoms with van der Waals surface area (Å²) in [6, 6.07) is 5.78. The maximum atomic E-state index is 13.2. The largest absolute Gasteiger partial charge is 0.422 e. The number of halogens is 2. The smallest absolute Gasteiger partial charge is 0.343 e. The van der Waals surface area contributed by atoms with Crippen LogP contribution in [0.1, 0.15) is 44.7 Å². The number of benzene rings is 2. The van der Waals surface area contributed by atoms with Gasteiger partial charge in [0, 0.05) is 12.5 Å². The zero-order valence-corrected chi connectivity index (χ0v) is 12.5. The van der Waals surface area contributed by atoms with Crippen molar-refractivity contribution in [2.45, 2.75) is 26.2 Å². The Morgan fingerprint density at radius 2 is 1.78 bits per heavy atom. The van der Waals surface area contributed by atoms with Gasteiger partial charge in [0.15, 0.2) is 5.78 Å². The molecule has 3 rings (SSSR count). The van der Waals surface area contributed by atoms with E-state index >= 15 is 0 Å². The van der Waals surface area contributed by atoms with E-state index in [4.69, 9.17) is 4.74 Å². The quantitative estimate of drug-likeness (QED) is 0.621. The van der Waals surface area contributed by atoms with E-state index in [0.29, 0.717) is 18.1 Å². The summed E-state index contributed by atoms with van der Waals surface area (Å²) < 4.78 is 31.7. The molecule has 2 aromatic carbocycles. The fraction of sp³-hybridized carbons (Fsp3) is 0.222. The van der Waals surface area contributed by atoms with Crippen molar-refractivity contribution in [3.8, 4) is 5.75 Å². The van der Waals surface area contributed by atoms with E-state index in [1.165, 1.54) is 0 Å². The predicted octanol–water partition coefficient (Wildman–Crippen LogP) is 4.01. The molecule has 1 aliphatic carbocycles. The standard InChI is InChI=1S/C18H14F2O3/c1-10-5-6-16(17-14(10)3-2-4-15(17)21)23-18(22)11-7-12(19)9-13(20)8-11/h5-9H,2-4H2,1H3. The minimum atomic E-state index is -0.896. The number of Topliss-reactive ketones (excluding diaryl/α,β-unsaturated/α-hetero) is 1. The Kier molecular flexibility index (Phi) is 3.94. The molecule has 0 aliphatic heterocycles. The van der Waals surface area contributed by atoms with E-state index in [0.717, 1.165) is 36.1 Å². The predicted molar refractivity (Wildman–Crippen MR) is 79.8 cm³/mol. The van der Waals surface area contributed by atoms with Crippen LogP contribution >= 0.6 is 0 Å². The second-order valence-corrected chi connectivity index (χ2v) is 5.56. The molecule has 0 spiro atoms. The Labute approximate surface area is 131 Å². The summed E-state index contributed by atoms with van der Waals surface area (Å²) in [5.74, 6) is -2.56. The molecule has 5 heteroatoms. The number of ether oxygens (including phenoxy) is 1. The van der Waals surface area contributed by atoms with Crippen LogP contribution in [0.4, 0.5) is 8.78 Å². The Hall–Kier alpha value is -2.56. The molecule has 3 nitrogen and oxygen atoms in total. The fourth-order valence-corrected chi connectivity index (χ4v) is 2.82. The number of hydrogen-bond donors (Lipinski definition) is 0. The van der Waals surface area contributed by atoms with Gasteiger partial charge in [-0.3, -0.25) is 4.79 Å². The van der Waals surface area contributed by atoms with E-state index in [1.54, 1.807) is 12.1 Å². The average molecular weight is 316 g/mol. The van der Waals surface area contributed by atoms with Crippen molar-refractivity contribution in [1.82, 2.24) is 0 Å². The summed E-state index contributed by atoms with van der Waals surface area (Å²) in [6.07, 6.45) is 1.90. The molecule has 0 unspecified atom stereocenters. The van der Waals surface area contributed by atoms with Gasteiger partial charge in [0.05, 0.1) is 11.1 Å². The first-order chi connectivity index (χ1) is 11.0. The SMILES string of the molecule is Cc1ccc(OC(=O)c2cc(F)cc(F)c2)c2c1CCCC2=O. The summed E-state index contributed by atoms with van der Waals surface area (Å²) >= 11 is 0. The number of ketones is 1. The maximum absolute atomic E-state index is 13.2. The van der Waals surface area contributed by atoms with Crippen molar-refractivity contribution in [3.63, 3.8) is 0 Å².